The topological polar surface area (TPSA) is 74.2 Å². The zero-order valence-electron chi connectivity index (χ0n) is 36.9. The molecule has 0 aliphatic rings. The summed E-state index contributed by atoms with van der Waals surface area (Å²) in [5.74, 6) is -0.676. The number of hydrogen-bond donors (Lipinski definition) is 1. The lowest BCUT2D eigenvalue weighted by molar-refractivity contribution is -0.137. The van der Waals surface area contributed by atoms with E-state index in [2.05, 4.69) is 91.8 Å². The molecule has 0 heterocycles. The van der Waals surface area contributed by atoms with Crippen LogP contribution in [0.1, 0.15) is 143 Å². The molecule has 0 aliphatic carbocycles. The normalized spacial score (nSPS) is 14.1. The van der Waals surface area contributed by atoms with Gasteiger partial charge in [0, 0.05) is 25.2 Å². The summed E-state index contributed by atoms with van der Waals surface area (Å²) >= 11 is 0. The molecule has 1 N–H and O–H groups in total. The van der Waals surface area contributed by atoms with E-state index < -0.39 is 47.8 Å². The van der Waals surface area contributed by atoms with Crippen LogP contribution in [0.25, 0.3) is 0 Å². The monoisotopic (exact) mass is 819 g/mol. The maximum Gasteiger partial charge on any atom is 0.317 e. The standard InChI is InChI=1S/C41H90O6Si5/c1-13-16-26-31-40(32-27-24-22-20-19-21-23-25-28-33-41(42)43)52(12,46-50(8,9)38-36-48(4,5)44-34-29-17-14-2)47-51(10,11)39-37-49(6,7)45-35-30-18-15-3/h22,24,40H,13-21,23,25-39H2,1-12H3,(H,42,43)/b24-22-. The van der Waals surface area contributed by atoms with Crippen LogP contribution in [0, 0.1) is 0 Å². The van der Waals surface area contributed by atoms with Gasteiger partial charge in [-0.15, -0.1) is 0 Å². The average Bonchev–Trinajstić information content (AvgIpc) is 3.04. The highest BCUT2D eigenvalue weighted by atomic mass is 28.5. The van der Waals surface area contributed by atoms with Crippen molar-refractivity contribution in [2.75, 3.05) is 13.2 Å². The van der Waals surface area contributed by atoms with Gasteiger partial charge in [0.2, 0.25) is 0 Å². The number of unbranched alkanes of at least 4 members (excludes halogenated alkanes) is 11. The summed E-state index contributed by atoms with van der Waals surface area (Å²) in [4.78, 5) is 10.8. The molecule has 52 heavy (non-hydrogen) atoms. The van der Waals surface area contributed by atoms with Crippen molar-refractivity contribution < 1.29 is 27.0 Å². The van der Waals surface area contributed by atoms with Gasteiger partial charge >= 0.3 is 14.5 Å². The third-order valence-electron chi connectivity index (χ3n) is 10.6. The third kappa shape index (κ3) is 28.5. The summed E-state index contributed by atoms with van der Waals surface area (Å²) in [6, 6.07) is 4.64. The zero-order chi connectivity index (χ0) is 39.6. The second kappa shape index (κ2) is 28.5. The summed E-state index contributed by atoms with van der Waals surface area (Å²) in [7, 11) is -10.1. The van der Waals surface area contributed by atoms with Crippen LogP contribution in [0.5, 0.6) is 0 Å². The van der Waals surface area contributed by atoms with Gasteiger partial charge < -0.3 is 22.2 Å². The molecule has 0 radical (unpaired) electrons. The number of aliphatic carboxylic acids is 1. The summed E-state index contributed by atoms with van der Waals surface area (Å²) in [5, 5.41) is 8.86. The molecule has 0 aromatic rings. The Kier molecular flexibility index (Phi) is 28.6. The number of rotatable bonds is 36. The van der Waals surface area contributed by atoms with Crippen LogP contribution in [-0.2, 0) is 21.9 Å². The molecule has 0 amide bonds. The van der Waals surface area contributed by atoms with Crippen LogP contribution >= 0.6 is 0 Å². The lowest BCUT2D eigenvalue weighted by atomic mass is 10.1. The second-order valence-electron chi connectivity index (χ2n) is 18.3. The predicted octanol–water partition coefficient (Wildman–Crippen LogP) is 14.4. The molecule has 310 valence electrons. The van der Waals surface area contributed by atoms with Crippen molar-refractivity contribution in [2.45, 2.75) is 231 Å². The minimum absolute atomic E-state index is 0.300. The van der Waals surface area contributed by atoms with E-state index >= 15 is 0 Å². The van der Waals surface area contributed by atoms with Gasteiger partial charge in [-0.25, -0.2) is 0 Å². The highest BCUT2D eigenvalue weighted by molar-refractivity contribution is 6.90. The van der Waals surface area contributed by atoms with Gasteiger partial charge in [0.1, 0.15) is 0 Å². The van der Waals surface area contributed by atoms with E-state index in [1.165, 1.54) is 89.1 Å². The Morgan fingerprint density at radius 1 is 0.519 bits per heavy atom. The highest BCUT2D eigenvalue weighted by Gasteiger charge is 2.48. The van der Waals surface area contributed by atoms with Gasteiger partial charge in [-0.05, 0) is 134 Å². The molecule has 0 aromatic heterocycles. The fraction of sp³-hybridized carbons (Fsp3) is 0.927. The van der Waals surface area contributed by atoms with E-state index in [4.69, 9.17) is 22.2 Å². The van der Waals surface area contributed by atoms with Gasteiger partial charge in [-0.2, -0.15) is 0 Å². The Balaban J connectivity index is 5.88. The number of carboxylic acid groups (broad SMARTS) is 1. The SMILES string of the molecule is CCCCCO[Si](C)(C)CC[Si](C)(C)O[Si](C)(O[Si](C)(C)CC[Si](C)(C)OCCCCC)C(CC/C=C\CCCCCCCC(=O)O)CCCCC. The minimum Gasteiger partial charge on any atom is -0.481 e. The quantitative estimate of drug-likeness (QED) is 0.0386. The van der Waals surface area contributed by atoms with Crippen molar-refractivity contribution in [1.82, 2.24) is 0 Å². The molecule has 1 unspecified atom stereocenters. The van der Waals surface area contributed by atoms with Crippen molar-refractivity contribution in [1.29, 1.82) is 0 Å². The smallest absolute Gasteiger partial charge is 0.317 e. The first-order valence-electron chi connectivity index (χ1n) is 21.9. The molecule has 0 fully saturated rings. The van der Waals surface area contributed by atoms with Crippen LogP contribution in [0.3, 0.4) is 0 Å². The Hall–Kier alpha value is 0.134. The third-order valence-corrected chi connectivity index (χ3v) is 29.1. The number of carboxylic acids is 1. The molecule has 0 aliphatic heterocycles. The molecule has 1 atom stereocenters. The Morgan fingerprint density at radius 2 is 0.942 bits per heavy atom. The number of hydrogen-bond acceptors (Lipinski definition) is 5. The average molecular weight is 820 g/mol. The van der Waals surface area contributed by atoms with Crippen LogP contribution in [0.4, 0.5) is 0 Å². The lowest BCUT2D eigenvalue weighted by Crippen LogP contribution is -2.57. The molecular formula is C41H90O6Si5. The first-order valence-corrected chi connectivity index (χ1v) is 36.7. The van der Waals surface area contributed by atoms with Crippen LogP contribution in [0.2, 0.25) is 88.6 Å². The molecule has 0 rings (SSSR count). The van der Waals surface area contributed by atoms with Crippen molar-refractivity contribution in [3.63, 3.8) is 0 Å². The molecule has 0 saturated carbocycles. The number of carbonyl (C=O) groups is 1. The van der Waals surface area contributed by atoms with Gasteiger partial charge in [-0.1, -0.05) is 97.1 Å². The van der Waals surface area contributed by atoms with E-state index in [-0.39, 0.29) is 0 Å². The molecule has 0 saturated heterocycles. The Labute approximate surface area is 330 Å². The van der Waals surface area contributed by atoms with Crippen molar-refractivity contribution in [3.05, 3.63) is 12.2 Å². The highest BCUT2D eigenvalue weighted by Crippen LogP contribution is 2.40. The largest absolute Gasteiger partial charge is 0.481 e. The van der Waals surface area contributed by atoms with Crippen molar-refractivity contribution in [2.24, 2.45) is 0 Å². The molecule has 0 bridgehead atoms. The summed E-state index contributed by atoms with van der Waals surface area (Å²) < 4.78 is 28.4. The van der Waals surface area contributed by atoms with Crippen molar-refractivity contribution >= 4 is 47.8 Å². The van der Waals surface area contributed by atoms with Gasteiger partial charge in [0.05, 0.1) is 0 Å². The van der Waals surface area contributed by atoms with Gasteiger partial charge in [0.15, 0.2) is 33.3 Å². The zero-order valence-corrected chi connectivity index (χ0v) is 41.9. The van der Waals surface area contributed by atoms with Crippen LogP contribution in [0.15, 0.2) is 12.2 Å². The molecule has 6 nitrogen and oxygen atoms in total. The first-order chi connectivity index (χ1) is 24.3. The van der Waals surface area contributed by atoms with Gasteiger partial charge in [0.25, 0.3) is 0 Å². The minimum atomic E-state index is -2.57. The summed E-state index contributed by atoms with van der Waals surface area (Å²) in [6.07, 6.45) is 26.1. The van der Waals surface area contributed by atoms with Gasteiger partial charge in [-0.3, -0.25) is 4.79 Å². The van der Waals surface area contributed by atoms with E-state index in [1.807, 2.05) is 0 Å². The summed E-state index contributed by atoms with van der Waals surface area (Å²) in [6.45, 7) is 30.6. The maximum absolute atomic E-state index is 10.8. The fourth-order valence-electron chi connectivity index (χ4n) is 7.05. The molecule has 0 spiro atoms. The Morgan fingerprint density at radius 3 is 1.42 bits per heavy atom. The molecule has 11 heteroatoms. The van der Waals surface area contributed by atoms with Crippen LogP contribution in [-0.4, -0.2) is 66.1 Å². The van der Waals surface area contributed by atoms with E-state index in [1.54, 1.807) is 0 Å². The van der Waals surface area contributed by atoms with E-state index in [0.717, 1.165) is 63.8 Å². The summed E-state index contributed by atoms with van der Waals surface area (Å²) in [5.41, 5.74) is 0.489. The van der Waals surface area contributed by atoms with Crippen LogP contribution < -0.4 is 0 Å². The van der Waals surface area contributed by atoms with E-state index in [9.17, 15) is 4.79 Å². The predicted molar refractivity (Wildman–Crippen MR) is 240 cm³/mol. The van der Waals surface area contributed by atoms with Crippen molar-refractivity contribution in [3.8, 4) is 0 Å². The second-order valence-corrected chi connectivity index (χ2v) is 39.4. The lowest BCUT2D eigenvalue weighted by Gasteiger charge is -2.45. The molecular weight excluding hydrogens is 729 g/mol. The fourth-order valence-corrected chi connectivity index (χ4v) is 31.3. The maximum atomic E-state index is 10.8. The van der Waals surface area contributed by atoms with E-state index in [0.29, 0.717) is 12.0 Å². The number of allylic oxidation sites excluding steroid dienone is 2. The Bertz CT molecular complexity index is 885. The first kappa shape index (κ1) is 52.1. The molecule has 0 aromatic carbocycles.